The van der Waals surface area contributed by atoms with Gasteiger partial charge in [-0.15, -0.1) is 11.3 Å². The molecule has 100 valence electrons. The Bertz CT molecular complexity index is 537. The van der Waals surface area contributed by atoms with Crippen molar-refractivity contribution in [3.8, 4) is 0 Å². The quantitative estimate of drug-likeness (QED) is 0.768. The highest BCUT2D eigenvalue weighted by atomic mass is 32.1. The summed E-state index contributed by atoms with van der Waals surface area (Å²) in [5.41, 5.74) is 5.34. The number of nitrogens with one attached hydrogen (secondary N) is 1. The van der Waals surface area contributed by atoms with Crippen LogP contribution in [0.2, 0.25) is 0 Å². The number of anilines is 1. The normalized spacial score (nSPS) is 10.4. The molecule has 2 rings (SSSR count). The van der Waals surface area contributed by atoms with Crippen LogP contribution in [-0.2, 0) is 19.4 Å². The van der Waals surface area contributed by atoms with Gasteiger partial charge in [0.25, 0.3) is 0 Å². The number of hydrogen-bond acceptors (Lipinski definition) is 2. The maximum Gasteiger partial charge on any atom is 0.0558 e. The van der Waals surface area contributed by atoms with Crippen LogP contribution in [0.5, 0.6) is 0 Å². The Morgan fingerprint density at radius 2 is 1.79 bits per heavy atom. The molecular formula is C17H21NS. The van der Waals surface area contributed by atoms with Crippen molar-refractivity contribution >= 4 is 23.1 Å². The van der Waals surface area contributed by atoms with Gasteiger partial charge >= 0.3 is 0 Å². The molecule has 0 aliphatic rings. The van der Waals surface area contributed by atoms with Crippen molar-refractivity contribution in [1.82, 2.24) is 0 Å². The lowest BCUT2D eigenvalue weighted by molar-refractivity contribution is 1.09. The fraction of sp³-hybridized carbons (Fsp3) is 0.294. The number of aryl methyl sites for hydroxylation is 2. The van der Waals surface area contributed by atoms with Crippen LogP contribution in [0.25, 0.3) is 6.08 Å². The fourth-order valence-electron chi connectivity index (χ4n) is 2.10. The lowest BCUT2D eigenvalue weighted by atomic mass is 10.1. The van der Waals surface area contributed by atoms with E-state index in [9.17, 15) is 0 Å². The monoisotopic (exact) mass is 271 g/mol. The number of hydrogen-bond donors (Lipinski definition) is 1. The summed E-state index contributed by atoms with van der Waals surface area (Å²) in [6, 6.07) is 8.83. The van der Waals surface area contributed by atoms with E-state index in [1.165, 1.54) is 27.3 Å². The van der Waals surface area contributed by atoms with E-state index >= 15 is 0 Å². The van der Waals surface area contributed by atoms with Crippen LogP contribution in [0.3, 0.4) is 0 Å². The molecule has 0 fully saturated rings. The third kappa shape index (κ3) is 3.27. The highest BCUT2D eigenvalue weighted by Gasteiger charge is 2.07. The van der Waals surface area contributed by atoms with Gasteiger partial charge in [0.15, 0.2) is 0 Å². The minimum atomic E-state index is 0.870. The second-order valence-electron chi connectivity index (χ2n) is 4.58. The highest BCUT2D eigenvalue weighted by Crippen LogP contribution is 2.30. The predicted octanol–water partition coefficient (Wildman–Crippen LogP) is 5.13. The van der Waals surface area contributed by atoms with Crippen molar-refractivity contribution in [2.24, 2.45) is 0 Å². The first-order valence-corrected chi connectivity index (χ1v) is 7.70. The van der Waals surface area contributed by atoms with Crippen LogP contribution in [0.15, 0.2) is 36.2 Å². The summed E-state index contributed by atoms with van der Waals surface area (Å²) in [7, 11) is 0. The zero-order valence-electron chi connectivity index (χ0n) is 11.7. The minimum absolute atomic E-state index is 0.870. The molecule has 0 aliphatic carbocycles. The van der Waals surface area contributed by atoms with Crippen LogP contribution >= 0.6 is 11.3 Å². The van der Waals surface area contributed by atoms with Crippen molar-refractivity contribution in [3.63, 3.8) is 0 Å². The Morgan fingerprint density at radius 1 is 1.11 bits per heavy atom. The number of rotatable bonds is 6. The lowest BCUT2D eigenvalue weighted by Gasteiger charge is -2.09. The van der Waals surface area contributed by atoms with E-state index in [1.807, 2.05) is 6.08 Å². The molecule has 1 N–H and O–H groups in total. The molecule has 1 aromatic carbocycles. The summed E-state index contributed by atoms with van der Waals surface area (Å²) in [5.74, 6) is 0. The first-order chi connectivity index (χ1) is 9.28. The molecule has 1 aromatic heterocycles. The fourth-order valence-corrected chi connectivity index (χ4v) is 3.08. The molecule has 0 atom stereocenters. The van der Waals surface area contributed by atoms with E-state index < -0.39 is 0 Å². The van der Waals surface area contributed by atoms with Gasteiger partial charge in [0, 0.05) is 11.4 Å². The van der Waals surface area contributed by atoms with Crippen molar-refractivity contribution in [2.45, 2.75) is 33.2 Å². The van der Waals surface area contributed by atoms with E-state index in [0.717, 1.165) is 19.4 Å². The van der Waals surface area contributed by atoms with Crippen LogP contribution in [0.4, 0.5) is 5.69 Å². The standard InChI is InChI=1S/C17H21NS/c1-4-13-7-9-14(10-8-13)11-18-17-15(5-2)12-19-16(17)6-3/h6-10,12,18H,3-5,11H2,1-2H3. The summed E-state index contributed by atoms with van der Waals surface area (Å²) >= 11 is 1.76. The predicted molar refractivity (Wildman–Crippen MR) is 86.9 cm³/mol. The zero-order valence-corrected chi connectivity index (χ0v) is 12.5. The van der Waals surface area contributed by atoms with Crippen molar-refractivity contribution in [1.29, 1.82) is 0 Å². The molecular weight excluding hydrogens is 250 g/mol. The maximum absolute atomic E-state index is 3.89. The molecule has 0 radical (unpaired) electrons. The van der Waals surface area contributed by atoms with E-state index in [4.69, 9.17) is 0 Å². The van der Waals surface area contributed by atoms with Crippen molar-refractivity contribution in [2.75, 3.05) is 5.32 Å². The molecule has 0 aliphatic heterocycles. The molecule has 2 aromatic rings. The molecule has 0 saturated carbocycles. The molecule has 0 unspecified atom stereocenters. The molecule has 1 nitrogen and oxygen atoms in total. The van der Waals surface area contributed by atoms with Gasteiger partial charge in [0.2, 0.25) is 0 Å². The van der Waals surface area contributed by atoms with Crippen LogP contribution in [-0.4, -0.2) is 0 Å². The number of benzene rings is 1. The van der Waals surface area contributed by atoms with Gasteiger partial charge in [-0.05, 0) is 34.9 Å². The summed E-state index contributed by atoms with van der Waals surface area (Å²) in [5, 5.41) is 5.78. The van der Waals surface area contributed by atoms with Gasteiger partial charge < -0.3 is 5.32 Å². The Labute approximate surface area is 120 Å². The van der Waals surface area contributed by atoms with Gasteiger partial charge in [-0.1, -0.05) is 50.8 Å². The van der Waals surface area contributed by atoms with Crippen LogP contribution < -0.4 is 5.32 Å². The Hall–Kier alpha value is -1.54. The molecule has 0 amide bonds. The summed E-state index contributed by atoms with van der Waals surface area (Å²) < 4.78 is 0. The SMILES string of the molecule is C=Cc1scc(CC)c1NCc1ccc(CC)cc1. The molecule has 0 spiro atoms. The summed E-state index contributed by atoms with van der Waals surface area (Å²) in [6.45, 7) is 9.13. The third-order valence-electron chi connectivity index (χ3n) is 3.36. The first kappa shape index (κ1) is 13.9. The summed E-state index contributed by atoms with van der Waals surface area (Å²) in [6.07, 6.45) is 4.09. The second kappa shape index (κ2) is 6.58. The van der Waals surface area contributed by atoms with Gasteiger partial charge in [-0.2, -0.15) is 0 Å². The average Bonchev–Trinajstić information content (AvgIpc) is 2.87. The van der Waals surface area contributed by atoms with Crippen LogP contribution in [0, 0.1) is 0 Å². The zero-order chi connectivity index (χ0) is 13.7. The smallest absolute Gasteiger partial charge is 0.0558 e. The topological polar surface area (TPSA) is 12.0 Å². The number of thiophene rings is 1. The molecule has 0 bridgehead atoms. The maximum atomic E-state index is 3.89. The average molecular weight is 271 g/mol. The largest absolute Gasteiger partial charge is 0.380 e. The van der Waals surface area contributed by atoms with Crippen LogP contribution in [0.1, 0.15) is 35.4 Å². The Balaban J connectivity index is 2.08. The minimum Gasteiger partial charge on any atom is -0.380 e. The molecule has 2 heteroatoms. The highest BCUT2D eigenvalue weighted by molar-refractivity contribution is 7.11. The van der Waals surface area contributed by atoms with Crippen molar-refractivity contribution in [3.05, 3.63) is 57.8 Å². The Morgan fingerprint density at radius 3 is 2.37 bits per heavy atom. The van der Waals surface area contributed by atoms with E-state index in [1.54, 1.807) is 11.3 Å². The van der Waals surface area contributed by atoms with Gasteiger partial charge in [-0.25, -0.2) is 0 Å². The molecule has 0 saturated heterocycles. The van der Waals surface area contributed by atoms with E-state index in [2.05, 4.69) is 55.4 Å². The lowest BCUT2D eigenvalue weighted by Crippen LogP contribution is -2.01. The van der Waals surface area contributed by atoms with Gasteiger partial charge in [-0.3, -0.25) is 0 Å². The van der Waals surface area contributed by atoms with E-state index in [-0.39, 0.29) is 0 Å². The Kier molecular flexibility index (Phi) is 4.80. The third-order valence-corrected chi connectivity index (χ3v) is 4.39. The first-order valence-electron chi connectivity index (χ1n) is 6.83. The second-order valence-corrected chi connectivity index (χ2v) is 5.49. The molecule has 19 heavy (non-hydrogen) atoms. The van der Waals surface area contributed by atoms with E-state index in [0.29, 0.717) is 0 Å². The van der Waals surface area contributed by atoms with Crippen molar-refractivity contribution < 1.29 is 0 Å². The van der Waals surface area contributed by atoms with Gasteiger partial charge in [0.1, 0.15) is 0 Å². The molecule has 1 heterocycles. The van der Waals surface area contributed by atoms with Gasteiger partial charge in [0.05, 0.1) is 5.69 Å². The summed E-state index contributed by atoms with van der Waals surface area (Å²) in [4.78, 5) is 1.24.